The summed E-state index contributed by atoms with van der Waals surface area (Å²) in [7, 11) is 0. The molecule has 1 aromatic heterocycles. The minimum atomic E-state index is -4.81. The summed E-state index contributed by atoms with van der Waals surface area (Å²) in [6.07, 6.45) is -3.18. The minimum Gasteiger partial charge on any atom is -0.448 e. The SMILES string of the molecule is O=C(N1CCOCC1)N1CC(c2ccc(OC(F)(F)F)cc2)CC(c2nc(-c3c(F)cccc3F)co2)C1. The van der Waals surface area contributed by atoms with Crippen LogP contribution in [0.25, 0.3) is 11.3 Å². The number of urea groups is 1. The Balaban J connectivity index is 1.42. The van der Waals surface area contributed by atoms with Crippen molar-refractivity contribution in [2.24, 2.45) is 0 Å². The van der Waals surface area contributed by atoms with Crippen LogP contribution < -0.4 is 4.74 Å². The van der Waals surface area contributed by atoms with E-state index in [9.17, 15) is 26.7 Å². The van der Waals surface area contributed by atoms with Crippen LogP contribution in [0.4, 0.5) is 26.7 Å². The highest BCUT2D eigenvalue weighted by Crippen LogP contribution is 2.38. The molecule has 0 N–H and O–H groups in total. The van der Waals surface area contributed by atoms with E-state index in [1.807, 2.05) is 0 Å². The van der Waals surface area contributed by atoms with Crippen molar-refractivity contribution in [3.8, 4) is 17.0 Å². The fourth-order valence-corrected chi connectivity index (χ4v) is 4.90. The maximum atomic E-state index is 14.3. The van der Waals surface area contributed by atoms with Crippen molar-refractivity contribution >= 4 is 6.03 Å². The number of carbonyl (C=O) groups is 1. The summed E-state index contributed by atoms with van der Waals surface area (Å²) in [5, 5.41) is 0. The third-order valence-electron chi connectivity index (χ3n) is 6.68. The lowest BCUT2D eigenvalue weighted by atomic mass is 9.84. The molecule has 0 radical (unpaired) electrons. The maximum Gasteiger partial charge on any atom is 0.573 e. The zero-order valence-electron chi connectivity index (χ0n) is 20.1. The van der Waals surface area contributed by atoms with Gasteiger partial charge in [0.25, 0.3) is 0 Å². The number of hydrogen-bond acceptors (Lipinski definition) is 5. The Bertz CT molecular complexity index is 1250. The van der Waals surface area contributed by atoms with E-state index in [1.54, 1.807) is 9.80 Å². The monoisotopic (exact) mass is 537 g/mol. The molecule has 2 amide bonds. The molecular weight excluding hydrogens is 513 g/mol. The summed E-state index contributed by atoms with van der Waals surface area (Å²) in [6, 6.07) is 8.81. The lowest BCUT2D eigenvalue weighted by molar-refractivity contribution is -0.274. The number of morpholine rings is 1. The quantitative estimate of drug-likeness (QED) is 0.409. The van der Waals surface area contributed by atoms with Crippen molar-refractivity contribution < 1.29 is 40.6 Å². The molecule has 2 saturated heterocycles. The standard InChI is InChI=1S/C26H24F5N3O4/c27-20-2-1-3-21(28)23(20)22-15-37-24(32-22)18-12-17(16-4-6-19(7-5-16)38-26(29,30)31)13-34(14-18)25(35)33-8-10-36-11-9-33/h1-7,15,17-18H,8-14H2. The number of amides is 2. The number of alkyl halides is 3. The van der Waals surface area contributed by atoms with Crippen LogP contribution in [0.1, 0.15) is 29.7 Å². The molecule has 2 atom stereocenters. The van der Waals surface area contributed by atoms with Gasteiger partial charge in [0.05, 0.1) is 24.7 Å². The summed E-state index contributed by atoms with van der Waals surface area (Å²) in [5.41, 5.74) is 0.393. The molecule has 12 heteroatoms. The number of ether oxygens (including phenoxy) is 2. The Labute approximate surface area is 214 Å². The van der Waals surface area contributed by atoms with Gasteiger partial charge in [0.2, 0.25) is 0 Å². The van der Waals surface area contributed by atoms with Crippen molar-refractivity contribution in [1.82, 2.24) is 14.8 Å². The van der Waals surface area contributed by atoms with Crippen LogP contribution in [-0.4, -0.2) is 66.6 Å². The summed E-state index contributed by atoms with van der Waals surface area (Å²) >= 11 is 0. The normalized spacial score (nSPS) is 20.4. The Morgan fingerprint density at radius 2 is 1.61 bits per heavy atom. The first kappa shape index (κ1) is 26.0. The number of nitrogens with zero attached hydrogens (tertiary/aromatic N) is 3. The van der Waals surface area contributed by atoms with Gasteiger partial charge in [0.1, 0.15) is 29.3 Å². The Morgan fingerprint density at radius 1 is 0.947 bits per heavy atom. The van der Waals surface area contributed by atoms with Crippen molar-refractivity contribution in [1.29, 1.82) is 0 Å². The lowest BCUT2D eigenvalue weighted by Crippen LogP contribution is -2.52. The van der Waals surface area contributed by atoms with Gasteiger partial charge in [-0.1, -0.05) is 18.2 Å². The highest BCUT2D eigenvalue weighted by Gasteiger charge is 2.37. The van der Waals surface area contributed by atoms with Crippen molar-refractivity contribution in [2.75, 3.05) is 39.4 Å². The van der Waals surface area contributed by atoms with Gasteiger partial charge in [0, 0.05) is 32.1 Å². The molecule has 2 aromatic carbocycles. The van der Waals surface area contributed by atoms with Gasteiger partial charge in [0.15, 0.2) is 5.89 Å². The van der Waals surface area contributed by atoms with Gasteiger partial charge in [-0.3, -0.25) is 0 Å². The maximum absolute atomic E-state index is 14.3. The first-order chi connectivity index (χ1) is 18.2. The molecule has 0 bridgehead atoms. The molecule has 3 aromatic rings. The number of aromatic nitrogens is 1. The fraction of sp³-hybridized carbons (Fsp3) is 0.385. The van der Waals surface area contributed by atoms with Crippen LogP contribution in [-0.2, 0) is 4.74 Å². The first-order valence-corrected chi connectivity index (χ1v) is 12.0. The number of halogens is 5. The average molecular weight is 537 g/mol. The summed E-state index contributed by atoms with van der Waals surface area (Å²) in [4.78, 5) is 21.0. The molecule has 0 aliphatic carbocycles. The average Bonchev–Trinajstić information content (AvgIpc) is 3.38. The summed E-state index contributed by atoms with van der Waals surface area (Å²) in [5.74, 6) is -2.38. The zero-order chi connectivity index (χ0) is 26.9. The highest BCUT2D eigenvalue weighted by molar-refractivity contribution is 5.75. The van der Waals surface area contributed by atoms with Gasteiger partial charge in [-0.2, -0.15) is 0 Å². The molecule has 7 nitrogen and oxygen atoms in total. The molecule has 2 fully saturated rings. The Morgan fingerprint density at radius 3 is 2.26 bits per heavy atom. The number of carbonyl (C=O) groups excluding carboxylic acids is 1. The van der Waals surface area contributed by atoms with E-state index in [2.05, 4.69) is 9.72 Å². The Kier molecular flexibility index (Phi) is 7.24. The molecule has 38 heavy (non-hydrogen) atoms. The van der Waals surface area contributed by atoms with Gasteiger partial charge in [-0.15, -0.1) is 13.2 Å². The zero-order valence-corrected chi connectivity index (χ0v) is 20.1. The van der Waals surface area contributed by atoms with Crippen LogP contribution in [0.5, 0.6) is 5.75 Å². The summed E-state index contributed by atoms with van der Waals surface area (Å²) < 4.78 is 81.3. The molecule has 2 aliphatic rings. The van der Waals surface area contributed by atoms with Crippen molar-refractivity contribution in [3.63, 3.8) is 0 Å². The van der Waals surface area contributed by atoms with Gasteiger partial charge < -0.3 is 23.7 Å². The number of piperidine rings is 1. The van der Waals surface area contributed by atoms with Crippen LogP contribution in [0.2, 0.25) is 0 Å². The van der Waals surface area contributed by atoms with E-state index < -0.39 is 23.9 Å². The number of benzene rings is 2. The number of oxazole rings is 1. The van der Waals surface area contributed by atoms with Crippen LogP contribution in [0.3, 0.4) is 0 Å². The molecular formula is C26H24F5N3O4. The number of rotatable bonds is 4. The minimum absolute atomic E-state index is 0.00238. The topological polar surface area (TPSA) is 68.0 Å². The van der Waals surface area contributed by atoms with Gasteiger partial charge in [-0.25, -0.2) is 18.6 Å². The second kappa shape index (κ2) is 10.6. The fourth-order valence-electron chi connectivity index (χ4n) is 4.90. The predicted molar refractivity (Wildman–Crippen MR) is 124 cm³/mol. The molecule has 3 heterocycles. The molecule has 2 aliphatic heterocycles. The Hall–Kier alpha value is -3.67. The smallest absolute Gasteiger partial charge is 0.448 e. The van der Waals surface area contributed by atoms with Crippen LogP contribution >= 0.6 is 0 Å². The largest absolute Gasteiger partial charge is 0.573 e. The van der Waals surface area contributed by atoms with E-state index in [1.165, 1.54) is 36.6 Å². The molecule has 0 spiro atoms. The van der Waals surface area contributed by atoms with E-state index in [0.29, 0.717) is 44.8 Å². The van der Waals surface area contributed by atoms with Crippen molar-refractivity contribution in [3.05, 3.63) is 71.8 Å². The first-order valence-electron chi connectivity index (χ1n) is 12.0. The van der Waals surface area contributed by atoms with E-state index in [0.717, 1.165) is 12.1 Å². The molecule has 0 saturated carbocycles. The third kappa shape index (κ3) is 5.74. The van der Waals surface area contributed by atoms with Gasteiger partial charge >= 0.3 is 12.4 Å². The second-order valence-electron chi connectivity index (χ2n) is 9.20. The lowest BCUT2D eigenvalue weighted by Gasteiger charge is -2.40. The second-order valence-corrected chi connectivity index (χ2v) is 9.20. The third-order valence-corrected chi connectivity index (χ3v) is 6.68. The summed E-state index contributed by atoms with van der Waals surface area (Å²) in [6.45, 7) is 2.28. The highest BCUT2D eigenvalue weighted by atomic mass is 19.4. The molecule has 5 rings (SSSR count). The van der Waals surface area contributed by atoms with Crippen LogP contribution in [0, 0.1) is 11.6 Å². The van der Waals surface area contributed by atoms with E-state index in [-0.39, 0.29) is 41.4 Å². The predicted octanol–water partition coefficient (Wildman–Crippen LogP) is 5.54. The van der Waals surface area contributed by atoms with Crippen LogP contribution in [0.15, 0.2) is 53.1 Å². The molecule has 202 valence electrons. The molecule has 2 unspecified atom stereocenters. The van der Waals surface area contributed by atoms with Gasteiger partial charge in [-0.05, 0) is 36.2 Å². The van der Waals surface area contributed by atoms with E-state index >= 15 is 0 Å². The van der Waals surface area contributed by atoms with E-state index in [4.69, 9.17) is 9.15 Å². The van der Waals surface area contributed by atoms with Crippen molar-refractivity contribution in [2.45, 2.75) is 24.6 Å². The number of hydrogen-bond donors (Lipinski definition) is 0. The number of likely N-dealkylation sites (tertiary alicyclic amines) is 1.